The van der Waals surface area contributed by atoms with Crippen LogP contribution in [0.3, 0.4) is 0 Å². The van der Waals surface area contributed by atoms with Gasteiger partial charge >= 0.3 is 0 Å². The Hall–Kier alpha value is -3.96. The number of carbonyl (C=O) groups excluding carboxylic acids is 1. The zero-order valence-corrected chi connectivity index (χ0v) is 20.0. The van der Waals surface area contributed by atoms with E-state index in [1.165, 1.54) is 16.8 Å². The Labute approximate surface area is 207 Å². The summed E-state index contributed by atoms with van der Waals surface area (Å²) in [5, 5.41) is 15.8. The first-order chi connectivity index (χ1) is 17.4. The summed E-state index contributed by atoms with van der Waals surface area (Å²) in [6.07, 6.45) is 1.17. The Morgan fingerprint density at radius 1 is 1.03 bits per heavy atom. The molecule has 2 saturated heterocycles. The summed E-state index contributed by atoms with van der Waals surface area (Å²) in [4.78, 5) is 26.1. The number of hydrogen-bond acceptors (Lipinski definition) is 8. The highest BCUT2D eigenvalue weighted by molar-refractivity contribution is 5.94. The average molecular weight is 495 g/mol. The monoisotopic (exact) mass is 494 g/mol. The number of nitrogens with zero attached hydrogens (tertiary/aromatic N) is 4. The van der Waals surface area contributed by atoms with Crippen molar-refractivity contribution < 1.29 is 28.7 Å². The highest BCUT2D eigenvalue weighted by Gasteiger charge is 2.41. The lowest BCUT2D eigenvalue weighted by molar-refractivity contribution is -0.384. The van der Waals surface area contributed by atoms with Crippen LogP contribution in [0.15, 0.2) is 48.5 Å². The number of hydrogen-bond donors (Lipinski definition) is 0. The summed E-state index contributed by atoms with van der Waals surface area (Å²) in [5.74, 6) is 0.363. The molecule has 1 spiro atoms. The first-order valence-electron chi connectivity index (χ1n) is 11.6. The lowest BCUT2D eigenvalue weighted by Crippen LogP contribution is -2.47. The Balaban J connectivity index is 1.52. The van der Waals surface area contributed by atoms with Gasteiger partial charge in [-0.1, -0.05) is 0 Å². The van der Waals surface area contributed by atoms with Gasteiger partial charge in [0, 0.05) is 49.7 Å². The topological polar surface area (TPSA) is 118 Å². The van der Waals surface area contributed by atoms with Crippen LogP contribution in [-0.4, -0.2) is 71.8 Å². The largest absolute Gasteiger partial charge is 0.497 e. The molecule has 0 saturated carbocycles. The molecule has 188 valence electrons. The molecule has 2 fully saturated rings. The van der Waals surface area contributed by atoms with Crippen LogP contribution in [0, 0.1) is 10.1 Å². The van der Waals surface area contributed by atoms with Crippen LogP contribution in [0.1, 0.15) is 23.3 Å². The van der Waals surface area contributed by atoms with Gasteiger partial charge < -0.3 is 23.8 Å². The molecule has 2 aliphatic heterocycles. The summed E-state index contributed by atoms with van der Waals surface area (Å²) in [5.41, 5.74) is 2.01. The normalized spacial score (nSPS) is 16.8. The number of ether oxygens (including phenoxy) is 4. The van der Waals surface area contributed by atoms with Gasteiger partial charge in [0.1, 0.15) is 17.2 Å². The van der Waals surface area contributed by atoms with E-state index >= 15 is 0 Å². The van der Waals surface area contributed by atoms with E-state index in [-0.39, 0.29) is 11.6 Å². The Kier molecular flexibility index (Phi) is 6.33. The number of likely N-dealkylation sites (tertiary alicyclic amines) is 1. The van der Waals surface area contributed by atoms with Crippen LogP contribution in [-0.2, 0) is 9.47 Å². The Morgan fingerprint density at radius 3 is 2.33 bits per heavy atom. The number of benzene rings is 2. The van der Waals surface area contributed by atoms with E-state index in [4.69, 9.17) is 24.0 Å². The molecular formula is C25H26N4O7. The second-order valence-corrected chi connectivity index (χ2v) is 8.57. The number of aromatic nitrogens is 2. The number of rotatable bonds is 6. The fraction of sp³-hybridized carbons (Fsp3) is 0.360. The molecule has 0 aliphatic carbocycles. The maximum absolute atomic E-state index is 13.7. The molecule has 2 aliphatic rings. The second-order valence-electron chi connectivity index (χ2n) is 8.57. The fourth-order valence-corrected chi connectivity index (χ4v) is 4.59. The van der Waals surface area contributed by atoms with Crippen molar-refractivity contribution in [1.29, 1.82) is 0 Å². The van der Waals surface area contributed by atoms with Crippen LogP contribution >= 0.6 is 0 Å². The highest BCUT2D eigenvalue weighted by atomic mass is 16.7. The smallest absolute Gasteiger partial charge is 0.272 e. The third-order valence-electron chi connectivity index (χ3n) is 6.54. The molecule has 2 aromatic carbocycles. The fourth-order valence-electron chi connectivity index (χ4n) is 4.59. The van der Waals surface area contributed by atoms with E-state index in [0.717, 1.165) is 0 Å². The van der Waals surface area contributed by atoms with E-state index in [9.17, 15) is 14.9 Å². The minimum atomic E-state index is -0.600. The van der Waals surface area contributed by atoms with Gasteiger partial charge in [0.05, 0.1) is 43.7 Å². The molecule has 5 rings (SSSR count). The third kappa shape index (κ3) is 4.38. The van der Waals surface area contributed by atoms with Crippen molar-refractivity contribution in [2.45, 2.75) is 18.6 Å². The molecule has 0 radical (unpaired) electrons. The molecular weight excluding hydrogens is 468 g/mol. The van der Waals surface area contributed by atoms with Crippen molar-refractivity contribution in [3.8, 4) is 28.4 Å². The van der Waals surface area contributed by atoms with E-state index in [1.807, 2.05) is 6.07 Å². The standard InChI is InChI=1S/C25H26N4O7/c1-33-19-7-8-20(23(15-19)34-2)21-16-22(28(26-21)17-3-5-18(6-4-17)29(31)32)24(30)27-11-9-25(10-12-27)35-13-14-36-25/h3-8,15-16H,9-14H2,1-2H3. The van der Waals surface area contributed by atoms with Crippen molar-refractivity contribution in [3.05, 3.63) is 64.3 Å². The number of piperidine rings is 1. The minimum Gasteiger partial charge on any atom is -0.497 e. The van der Waals surface area contributed by atoms with E-state index in [1.54, 1.807) is 49.5 Å². The van der Waals surface area contributed by atoms with Crippen LogP contribution in [0.5, 0.6) is 11.5 Å². The summed E-state index contributed by atoms with van der Waals surface area (Å²) in [6, 6.07) is 13.0. The summed E-state index contributed by atoms with van der Waals surface area (Å²) in [6.45, 7) is 2.08. The van der Waals surface area contributed by atoms with Crippen molar-refractivity contribution >= 4 is 11.6 Å². The van der Waals surface area contributed by atoms with Gasteiger partial charge in [-0.25, -0.2) is 4.68 Å². The molecule has 0 N–H and O–H groups in total. The van der Waals surface area contributed by atoms with Gasteiger partial charge in [-0.3, -0.25) is 14.9 Å². The van der Waals surface area contributed by atoms with Crippen molar-refractivity contribution in [3.63, 3.8) is 0 Å². The van der Waals surface area contributed by atoms with Crippen LogP contribution in [0.4, 0.5) is 5.69 Å². The van der Waals surface area contributed by atoms with Crippen LogP contribution in [0.25, 0.3) is 16.9 Å². The molecule has 1 amide bonds. The lowest BCUT2D eigenvalue weighted by Gasteiger charge is -2.37. The third-order valence-corrected chi connectivity index (χ3v) is 6.54. The first-order valence-corrected chi connectivity index (χ1v) is 11.6. The molecule has 0 bridgehead atoms. The van der Waals surface area contributed by atoms with Gasteiger partial charge in [0.15, 0.2) is 5.79 Å². The number of nitro benzene ring substituents is 1. The van der Waals surface area contributed by atoms with E-state index in [2.05, 4.69) is 0 Å². The van der Waals surface area contributed by atoms with Crippen molar-refractivity contribution in [2.24, 2.45) is 0 Å². The van der Waals surface area contributed by atoms with Crippen LogP contribution in [0.2, 0.25) is 0 Å². The SMILES string of the molecule is COc1ccc(-c2cc(C(=O)N3CCC4(CC3)OCCO4)n(-c3ccc([N+](=O)[O-])cc3)n2)c(OC)c1. The van der Waals surface area contributed by atoms with Gasteiger partial charge in [0.2, 0.25) is 0 Å². The number of nitro groups is 1. The number of methoxy groups -OCH3 is 2. The summed E-state index contributed by atoms with van der Waals surface area (Å²) >= 11 is 0. The maximum Gasteiger partial charge on any atom is 0.272 e. The Bertz CT molecular complexity index is 1270. The van der Waals surface area contributed by atoms with Crippen LogP contribution < -0.4 is 9.47 Å². The van der Waals surface area contributed by atoms with Gasteiger partial charge in [-0.2, -0.15) is 5.10 Å². The first kappa shape index (κ1) is 23.8. The Morgan fingerprint density at radius 2 is 1.72 bits per heavy atom. The predicted octanol–water partition coefficient (Wildman–Crippen LogP) is 3.44. The molecule has 11 nitrogen and oxygen atoms in total. The molecule has 3 heterocycles. The second kappa shape index (κ2) is 9.59. The molecule has 3 aromatic rings. The van der Waals surface area contributed by atoms with Gasteiger partial charge in [-0.15, -0.1) is 0 Å². The van der Waals surface area contributed by atoms with Gasteiger partial charge in [0.25, 0.3) is 11.6 Å². The average Bonchev–Trinajstić information content (AvgIpc) is 3.56. The number of amides is 1. The summed E-state index contributed by atoms with van der Waals surface area (Å²) < 4.78 is 23.9. The van der Waals surface area contributed by atoms with E-state index < -0.39 is 10.7 Å². The quantitative estimate of drug-likeness (QED) is 0.378. The summed E-state index contributed by atoms with van der Waals surface area (Å²) in [7, 11) is 3.12. The minimum absolute atomic E-state index is 0.0475. The predicted molar refractivity (Wildman–Crippen MR) is 129 cm³/mol. The number of non-ortho nitro benzene ring substituents is 1. The van der Waals surface area contributed by atoms with Crippen molar-refractivity contribution in [1.82, 2.24) is 14.7 Å². The van der Waals surface area contributed by atoms with E-state index in [0.29, 0.717) is 73.3 Å². The van der Waals surface area contributed by atoms with Gasteiger partial charge in [-0.05, 0) is 30.3 Å². The molecule has 1 aromatic heterocycles. The van der Waals surface area contributed by atoms with Crippen molar-refractivity contribution in [2.75, 3.05) is 40.5 Å². The molecule has 11 heteroatoms. The zero-order valence-electron chi connectivity index (χ0n) is 20.0. The molecule has 0 unspecified atom stereocenters. The molecule has 0 atom stereocenters. The maximum atomic E-state index is 13.7. The lowest BCUT2D eigenvalue weighted by atomic mass is 10.0. The molecule has 36 heavy (non-hydrogen) atoms. The zero-order chi connectivity index (χ0) is 25.3. The number of carbonyl (C=O) groups is 1. The highest BCUT2D eigenvalue weighted by Crippen LogP contribution is 2.35.